The van der Waals surface area contributed by atoms with Crippen molar-refractivity contribution in [3.05, 3.63) is 58.4 Å². The molecule has 0 unspecified atom stereocenters. The standard InChI is InChI=1S/C13H9ClF2N2O/c1-7-2-3-8(9(14)6-7)13(19)17-10-4-5-11(15)18-12(10)16/h2-6H,1H3,(H,17,19). The molecule has 2 aromatic rings. The molecular weight excluding hydrogens is 274 g/mol. The summed E-state index contributed by atoms with van der Waals surface area (Å²) >= 11 is 5.93. The van der Waals surface area contributed by atoms with E-state index in [4.69, 9.17) is 11.6 Å². The van der Waals surface area contributed by atoms with Crippen molar-refractivity contribution in [1.29, 1.82) is 0 Å². The highest BCUT2D eigenvalue weighted by Crippen LogP contribution is 2.20. The zero-order valence-electron chi connectivity index (χ0n) is 9.88. The molecular formula is C13H9ClF2N2O. The first kappa shape index (κ1) is 13.4. The van der Waals surface area contributed by atoms with Crippen LogP contribution in [0.25, 0.3) is 0 Å². The van der Waals surface area contributed by atoms with Crippen molar-refractivity contribution in [2.24, 2.45) is 0 Å². The van der Waals surface area contributed by atoms with Gasteiger partial charge in [-0.1, -0.05) is 17.7 Å². The van der Waals surface area contributed by atoms with Gasteiger partial charge in [-0.2, -0.15) is 13.8 Å². The summed E-state index contributed by atoms with van der Waals surface area (Å²) < 4.78 is 25.9. The molecule has 0 aliphatic heterocycles. The summed E-state index contributed by atoms with van der Waals surface area (Å²) in [5.41, 5.74) is 0.898. The van der Waals surface area contributed by atoms with E-state index in [1.165, 1.54) is 6.07 Å². The lowest BCUT2D eigenvalue weighted by Gasteiger charge is -2.07. The molecule has 1 N–H and O–H groups in total. The fourth-order valence-corrected chi connectivity index (χ4v) is 1.82. The number of carbonyl (C=O) groups is 1. The van der Waals surface area contributed by atoms with E-state index in [9.17, 15) is 13.6 Å². The van der Waals surface area contributed by atoms with Crippen molar-refractivity contribution in [2.45, 2.75) is 6.92 Å². The summed E-state index contributed by atoms with van der Waals surface area (Å²) in [7, 11) is 0. The number of rotatable bonds is 2. The molecule has 1 amide bonds. The molecule has 1 aromatic heterocycles. The van der Waals surface area contributed by atoms with Gasteiger partial charge in [-0.05, 0) is 36.8 Å². The molecule has 0 aliphatic carbocycles. The van der Waals surface area contributed by atoms with E-state index in [0.717, 1.165) is 17.7 Å². The molecule has 6 heteroatoms. The van der Waals surface area contributed by atoms with Gasteiger partial charge in [-0.3, -0.25) is 4.79 Å². The molecule has 1 aromatic carbocycles. The van der Waals surface area contributed by atoms with Gasteiger partial charge in [0.15, 0.2) is 0 Å². The highest BCUT2D eigenvalue weighted by atomic mass is 35.5. The third-order valence-electron chi connectivity index (χ3n) is 2.43. The molecule has 0 atom stereocenters. The number of anilines is 1. The highest BCUT2D eigenvalue weighted by molar-refractivity contribution is 6.34. The van der Waals surface area contributed by atoms with Gasteiger partial charge < -0.3 is 5.32 Å². The van der Waals surface area contributed by atoms with Crippen LogP contribution in [0.5, 0.6) is 0 Å². The van der Waals surface area contributed by atoms with Crippen molar-refractivity contribution >= 4 is 23.2 Å². The molecule has 0 aliphatic rings. The average Bonchev–Trinajstić information content (AvgIpc) is 2.32. The summed E-state index contributed by atoms with van der Waals surface area (Å²) in [4.78, 5) is 14.9. The van der Waals surface area contributed by atoms with Crippen LogP contribution in [0, 0.1) is 18.8 Å². The molecule has 0 saturated carbocycles. The van der Waals surface area contributed by atoms with Crippen LogP contribution in [-0.4, -0.2) is 10.9 Å². The summed E-state index contributed by atoms with van der Waals surface area (Å²) in [6.07, 6.45) is 0. The molecule has 0 bridgehead atoms. The number of carbonyl (C=O) groups excluding carboxylic acids is 1. The third kappa shape index (κ3) is 3.06. The Labute approximate surface area is 113 Å². The second-order valence-corrected chi connectivity index (χ2v) is 4.32. The first-order chi connectivity index (χ1) is 8.97. The van der Waals surface area contributed by atoms with Crippen molar-refractivity contribution in [1.82, 2.24) is 4.98 Å². The van der Waals surface area contributed by atoms with Crippen LogP contribution in [0.2, 0.25) is 5.02 Å². The Morgan fingerprint density at radius 1 is 1.26 bits per heavy atom. The van der Waals surface area contributed by atoms with Crippen LogP contribution in [0.15, 0.2) is 30.3 Å². The van der Waals surface area contributed by atoms with Crippen molar-refractivity contribution in [2.75, 3.05) is 5.32 Å². The normalized spacial score (nSPS) is 10.3. The minimum Gasteiger partial charge on any atom is -0.318 e. The van der Waals surface area contributed by atoms with Crippen molar-refractivity contribution in [3.63, 3.8) is 0 Å². The average molecular weight is 283 g/mol. The molecule has 3 nitrogen and oxygen atoms in total. The SMILES string of the molecule is Cc1ccc(C(=O)Nc2ccc(F)nc2F)c(Cl)c1. The maximum atomic E-state index is 13.3. The van der Waals surface area contributed by atoms with Crippen molar-refractivity contribution < 1.29 is 13.6 Å². The number of benzene rings is 1. The maximum absolute atomic E-state index is 13.3. The maximum Gasteiger partial charge on any atom is 0.257 e. The van der Waals surface area contributed by atoms with E-state index in [-0.39, 0.29) is 16.3 Å². The van der Waals surface area contributed by atoms with E-state index in [2.05, 4.69) is 10.3 Å². The van der Waals surface area contributed by atoms with Gasteiger partial charge in [-0.15, -0.1) is 0 Å². The van der Waals surface area contributed by atoms with E-state index in [1.54, 1.807) is 12.1 Å². The number of nitrogens with zero attached hydrogens (tertiary/aromatic N) is 1. The number of hydrogen-bond donors (Lipinski definition) is 1. The fraction of sp³-hybridized carbons (Fsp3) is 0.0769. The summed E-state index contributed by atoms with van der Waals surface area (Å²) in [5.74, 6) is -2.63. The van der Waals surface area contributed by atoms with Crippen LogP contribution < -0.4 is 5.32 Å². The van der Waals surface area contributed by atoms with Gasteiger partial charge >= 0.3 is 0 Å². The minimum absolute atomic E-state index is 0.205. The van der Waals surface area contributed by atoms with Crippen LogP contribution in [0.1, 0.15) is 15.9 Å². The smallest absolute Gasteiger partial charge is 0.257 e. The second kappa shape index (κ2) is 5.32. The predicted octanol–water partition coefficient (Wildman–Crippen LogP) is 3.57. The molecule has 0 spiro atoms. The molecule has 0 saturated heterocycles. The van der Waals surface area contributed by atoms with Crippen LogP contribution in [-0.2, 0) is 0 Å². The summed E-state index contributed by atoms with van der Waals surface area (Å²) in [5, 5.41) is 2.54. The van der Waals surface area contributed by atoms with E-state index < -0.39 is 17.8 Å². The Hall–Kier alpha value is -2.01. The number of amides is 1. The van der Waals surface area contributed by atoms with E-state index >= 15 is 0 Å². The zero-order chi connectivity index (χ0) is 14.0. The molecule has 98 valence electrons. The topological polar surface area (TPSA) is 42.0 Å². The number of hydrogen-bond acceptors (Lipinski definition) is 2. The lowest BCUT2D eigenvalue weighted by atomic mass is 10.1. The van der Waals surface area contributed by atoms with Gasteiger partial charge in [-0.25, -0.2) is 0 Å². The fourth-order valence-electron chi connectivity index (χ4n) is 1.50. The summed E-state index contributed by atoms with van der Waals surface area (Å²) in [6, 6.07) is 6.91. The Bertz CT molecular complexity index is 647. The molecule has 1 heterocycles. The first-order valence-electron chi connectivity index (χ1n) is 5.37. The van der Waals surface area contributed by atoms with Gasteiger partial charge in [0.25, 0.3) is 5.91 Å². The Kier molecular flexibility index (Phi) is 3.76. The van der Waals surface area contributed by atoms with E-state index in [0.29, 0.717) is 0 Å². The number of aryl methyl sites for hydroxylation is 1. The first-order valence-corrected chi connectivity index (χ1v) is 5.74. The monoisotopic (exact) mass is 282 g/mol. The zero-order valence-corrected chi connectivity index (χ0v) is 10.6. The Morgan fingerprint density at radius 3 is 2.63 bits per heavy atom. The van der Waals surface area contributed by atoms with Crippen LogP contribution >= 0.6 is 11.6 Å². The largest absolute Gasteiger partial charge is 0.318 e. The molecule has 2 rings (SSSR count). The van der Waals surface area contributed by atoms with Gasteiger partial charge in [0, 0.05) is 0 Å². The molecule has 0 radical (unpaired) electrons. The third-order valence-corrected chi connectivity index (χ3v) is 2.74. The number of aromatic nitrogens is 1. The van der Waals surface area contributed by atoms with E-state index in [1.807, 2.05) is 6.92 Å². The van der Waals surface area contributed by atoms with Crippen LogP contribution in [0.4, 0.5) is 14.5 Å². The van der Waals surface area contributed by atoms with Gasteiger partial charge in [0.05, 0.1) is 16.3 Å². The summed E-state index contributed by atoms with van der Waals surface area (Å²) in [6.45, 7) is 1.83. The predicted molar refractivity (Wildman–Crippen MR) is 68.3 cm³/mol. The van der Waals surface area contributed by atoms with Gasteiger partial charge in [0.2, 0.25) is 11.9 Å². The Balaban J connectivity index is 2.25. The highest BCUT2D eigenvalue weighted by Gasteiger charge is 2.13. The quantitative estimate of drug-likeness (QED) is 0.856. The van der Waals surface area contributed by atoms with Crippen molar-refractivity contribution in [3.8, 4) is 0 Å². The lowest BCUT2D eigenvalue weighted by Crippen LogP contribution is -2.14. The molecule has 0 fully saturated rings. The molecule has 19 heavy (non-hydrogen) atoms. The number of halogens is 3. The number of pyridine rings is 1. The van der Waals surface area contributed by atoms with Crippen LogP contribution in [0.3, 0.4) is 0 Å². The van der Waals surface area contributed by atoms with Gasteiger partial charge in [0.1, 0.15) is 0 Å². The Morgan fingerprint density at radius 2 is 2.00 bits per heavy atom. The minimum atomic E-state index is -1.09. The number of nitrogens with one attached hydrogen (secondary N) is 1. The lowest BCUT2D eigenvalue weighted by molar-refractivity contribution is 0.102. The second-order valence-electron chi connectivity index (χ2n) is 3.91.